The number of carbonyl (C=O) groups excluding carboxylic acids is 1. The first-order valence-electron chi connectivity index (χ1n) is 15.5. The molecule has 0 heterocycles. The molecule has 0 amide bonds. The molecule has 0 bridgehead atoms. The predicted octanol–water partition coefficient (Wildman–Crippen LogP) is 11.3. The van der Waals surface area contributed by atoms with E-state index < -0.39 is 0 Å². The Kier molecular flexibility index (Phi) is 18.6. The molecule has 0 atom stereocenters. The van der Waals surface area contributed by atoms with Crippen molar-refractivity contribution in [3.63, 3.8) is 0 Å². The van der Waals surface area contributed by atoms with Crippen LogP contribution in [-0.4, -0.2) is 12.6 Å². The fraction of sp³-hybridized carbons (Fsp3) is 0.639. The fourth-order valence-electron chi connectivity index (χ4n) is 5.03. The number of unbranched alkanes of at least 4 members (excludes halogenated alkanes) is 9. The molecule has 214 valence electrons. The number of hydrogen-bond acceptors (Lipinski definition) is 2. The molecule has 0 N–H and O–H groups in total. The highest BCUT2D eigenvalue weighted by molar-refractivity contribution is 5.69. The number of allylic oxidation sites excluding steroid dienone is 11. The lowest BCUT2D eigenvalue weighted by Gasteiger charge is -2.32. The molecule has 0 aromatic rings. The third-order valence-corrected chi connectivity index (χ3v) is 7.57. The van der Waals surface area contributed by atoms with Crippen LogP contribution >= 0.6 is 0 Å². The molecule has 0 fully saturated rings. The van der Waals surface area contributed by atoms with Gasteiger partial charge in [0.25, 0.3) is 0 Å². The molecule has 0 aromatic heterocycles. The van der Waals surface area contributed by atoms with Gasteiger partial charge in [0.15, 0.2) is 0 Å². The molecule has 0 unspecified atom stereocenters. The molecule has 0 saturated carbocycles. The average molecular weight is 523 g/mol. The summed E-state index contributed by atoms with van der Waals surface area (Å²) in [7, 11) is 0. The minimum absolute atomic E-state index is 0.0832. The number of esters is 1. The van der Waals surface area contributed by atoms with Crippen molar-refractivity contribution in [3.05, 3.63) is 70.9 Å². The fourth-order valence-corrected chi connectivity index (χ4v) is 5.03. The van der Waals surface area contributed by atoms with Gasteiger partial charge in [-0.15, -0.1) is 0 Å². The van der Waals surface area contributed by atoms with Crippen LogP contribution in [0.3, 0.4) is 0 Å². The largest absolute Gasteiger partial charge is 0.461 e. The van der Waals surface area contributed by atoms with Gasteiger partial charge in [0, 0.05) is 6.42 Å². The van der Waals surface area contributed by atoms with Gasteiger partial charge in [-0.05, 0) is 89.2 Å². The van der Waals surface area contributed by atoms with Gasteiger partial charge in [-0.1, -0.05) is 119 Å². The zero-order valence-corrected chi connectivity index (χ0v) is 25.7. The first-order chi connectivity index (χ1) is 18.3. The van der Waals surface area contributed by atoms with E-state index in [4.69, 9.17) is 4.74 Å². The SMILES string of the molecule is CCCCCC/C=C/CCCCCCCC(=O)OC/C=C(C)/C=C/C=C(C)/C=C/C1=C(C)CCCC1(C)C. The van der Waals surface area contributed by atoms with E-state index in [-0.39, 0.29) is 11.4 Å². The molecule has 1 aliphatic rings. The summed E-state index contributed by atoms with van der Waals surface area (Å²) >= 11 is 0. The van der Waals surface area contributed by atoms with E-state index in [1.807, 2.05) is 13.0 Å². The molecule has 2 nitrogen and oxygen atoms in total. The quantitative estimate of drug-likeness (QED) is 0.0729. The molecule has 2 heteroatoms. The maximum atomic E-state index is 12.0. The third-order valence-electron chi connectivity index (χ3n) is 7.57. The van der Waals surface area contributed by atoms with Crippen LogP contribution in [0.1, 0.15) is 138 Å². The Morgan fingerprint density at radius 3 is 2.24 bits per heavy atom. The van der Waals surface area contributed by atoms with Crippen LogP contribution in [0.2, 0.25) is 0 Å². The lowest BCUT2D eigenvalue weighted by Crippen LogP contribution is -2.19. The van der Waals surface area contributed by atoms with Crippen LogP contribution in [0, 0.1) is 5.41 Å². The zero-order valence-electron chi connectivity index (χ0n) is 25.7. The van der Waals surface area contributed by atoms with Gasteiger partial charge in [0.1, 0.15) is 6.61 Å². The topological polar surface area (TPSA) is 26.3 Å². The number of ether oxygens (including phenoxy) is 1. The summed E-state index contributed by atoms with van der Waals surface area (Å²) in [4.78, 5) is 12.0. The van der Waals surface area contributed by atoms with Gasteiger partial charge in [-0.3, -0.25) is 4.79 Å². The van der Waals surface area contributed by atoms with Gasteiger partial charge in [-0.25, -0.2) is 0 Å². The monoisotopic (exact) mass is 522 g/mol. The van der Waals surface area contributed by atoms with Crippen LogP contribution in [-0.2, 0) is 9.53 Å². The van der Waals surface area contributed by atoms with E-state index in [1.54, 1.807) is 0 Å². The minimum atomic E-state index is -0.0832. The molecule has 0 spiro atoms. The minimum Gasteiger partial charge on any atom is -0.461 e. The van der Waals surface area contributed by atoms with Crippen LogP contribution < -0.4 is 0 Å². The van der Waals surface area contributed by atoms with E-state index in [0.29, 0.717) is 13.0 Å². The van der Waals surface area contributed by atoms with Crippen molar-refractivity contribution in [1.82, 2.24) is 0 Å². The third kappa shape index (κ3) is 16.7. The predicted molar refractivity (Wildman–Crippen MR) is 167 cm³/mol. The lowest BCUT2D eigenvalue weighted by atomic mass is 9.72. The van der Waals surface area contributed by atoms with E-state index >= 15 is 0 Å². The van der Waals surface area contributed by atoms with Crippen molar-refractivity contribution in [2.24, 2.45) is 5.41 Å². The number of carbonyl (C=O) groups is 1. The molecule has 0 saturated heterocycles. The molecule has 1 rings (SSSR count). The van der Waals surface area contributed by atoms with Crippen LogP contribution in [0.25, 0.3) is 0 Å². The summed E-state index contributed by atoms with van der Waals surface area (Å²) in [6.07, 6.45) is 35.4. The highest BCUT2D eigenvalue weighted by atomic mass is 16.5. The molecule has 0 radical (unpaired) electrons. The first-order valence-corrected chi connectivity index (χ1v) is 15.5. The van der Waals surface area contributed by atoms with Gasteiger partial charge in [0.2, 0.25) is 0 Å². The van der Waals surface area contributed by atoms with Crippen molar-refractivity contribution in [3.8, 4) is 0 Å². The second-order valence-electron chi connectivity index (χ2n) is 11.8. The van der Waals surface area contributed by atoms with E-state index in [2.05, 4.69) is 77.2 Å². The Bertz CT molecular complexity index is 845. The van der Waals surface area contributed by atoms with Crippen molar-refractivity contribution >= 4 is 5.97 Å². The highest BCUT2D eigenvalue weighted by Gasteiger charge is 2.26. The van der Waals surface area contributed by atoms with Crippen LogP contribution in [0.15, 0.2) is 70.9 Å². The van der Waals surface area contributed by atoms with Crippen molar-refractivity contribution < 1.29 is 9.53 Å². The first kappa shape index (κ1) is 33.9. The summed E-state index contributed by atoms with van der Waals surface area (Å²) in [6, 6.07) is 0. The summed E-state index contributed by atoms with van der Waals surface area (Å²) in [5, 5.41) is 0. The smallest absolute Gasteiger partial charge is 0.306 e. The van der Waals surface area contributed by atoms with E-state index in [1.165, 1.54) is 93.8 Å². The van der Waals surface area contributed by atoms with Gasteiger partial charge in [-0.2, -0.15) is 0 Å². The number of rotatable bonds is 19. The second-order valence-corrected chi connectivity index (χ2v) is 11.8. The van der Waals surface area contributed by atoms with Crippen LogP contribution in [0.5, 0.6) is 0 Å². The average Bonchev–Trinajstić information content (AvgIpc) is 2.86. The lowest BCUT2D eigenvalue weighted by molar-refractivity contribution is -0.142. The van der Waals surface area contributed by atoms with Crippen LogP contribution in [0.4, 0.5) is 0 Å². The number of hydrogen-bond donors (Lipinski definition) is 0. The van der Waals surface area contributed by atoms with Crippen molar-refractivity contribution in [2.75, 3.05) is 6.61 Å². The molecular formula is C36H58O2. The van der Waals surface area contributed by atoms with Gasteiger partial charge < -0.3 is 4.74 Å². The van der Waals surface area contributed by atoms with Crippen molar-refractivity contribution in [1.29, 1.82) is 0 Å². The van der Waals surface area contributed by atoms with E-state index in [9.17, 15) is 4.79 Å². The van der Waals surface area contributed by atoms with Gasteiger partial charge in [0.05, 0.1) is 0 Å². The molecule has 1 aliphatic carbocycles. The Morgan fingerprint density at radius 1 is 0.895 bits per heavy atom. The summed E-state index contributed by atoms with van der Waals surface area (Å²) < 4.78 is 5.39. The highest BCUT2D eigenvalue weighted by Crippen LogP contribution is 2.40. The Labute approximate surface area is 236 Å². The second kappa shape index (κ2) is 20.8. The summed E-state index contributed by atoms with van der Waals surface area (Å²) in [6.45, 7) is 13.8. The molecule has 38 heavy (non-hydrogen) atoms. The molecule has 0 aliphatic heterocycles. The normalized spacial score (nSPS) is 16.9. The zero-order chi connectivity index (χ0) is 28.1. The standard InChI is InChI=1S/C36H58O2/c1-7-8-9-10-11-12-13-14-15-16-17-18-19-25-35(37)38-30-28-32(3)23-20-22-31(2)26-27-34-33(4)24-21-29-36(34,5)6/h12-13,20,22-23,26-28H,7-11,14-19,21,24-25,29-30H2,1-6H3/b13-12+,23-20+,27-26+,31-22+,32-28+. The summed E-state index contributed by atoms with van der Waals surface area (Å²) in [5.74, 6) is -0.0832. The maximum absolute atomic E-state index is 12.0. The van der Waals surface area contributed by atoms with Crippen molar-refractivity contribution in [2.45, 2.75) is 138 Å². The Balaban J connectivity index is 2.16. The summed E-state index contributed by atoms with van der Waals surface area (Å²) in [5.41, 5.74) is 5.63. The molecular weight excluding hydrogens is 464 g/mol. The molecule has 0 aromatic carbocycles. The Hall–Kier alpha value is -2.09. The van der Waals surface area contributed by atoms with E-state index in [0.717, 1.165) is 18.4 Å². The van der Waals surface area contributed by atoms with Gasteiger partial charge >= 0.3 is 5.97 Å². The maximum Gasteiger partial charge on any atom is 0.306 e. The Morgan fingerprint density at radius 2 is 1.55 bits per heavy atom.